The van der Waals surface area contributed by atoms with Gasteiger partial charge in [0.2, 0.25) is 5.91 Å². The van der Waals surface area contributed by atoms with Gasteiger partial charge in [0.1, 0.15) is 5.82 Å². The number of rotatable bonds is 9. The number of methoxy groups -OCH3 is 1. The molecule has 1 aromatic carbocycles. The van der Waals surface area contributed by atoms with Gasteiger partial charge in [0, 0.05) is 33.4 Å². The lowest BCUT2D eigenvalue weighted by Gasteiger charge is -2.08. The molecule has 1 rings (SSSR count). The van der Waals surface area contributed by atoms with Gasteiger partial charge in [-0.3, -0.25) is 4.79 Å². The molecule has 1 amide bonds. The lowest BCUT2D eigenvalue weighted by Crippen LogP contribution is -2.13. The number of ether oxygens (including phenoxy) is 2. The number of carbonyl (C=O) groups is 1. The lowest BCUT2D eigenvalue weighted by atomic mass is 10.2. The Morgan fingerprint density at radius 3 is 2.75 bits per heavy atom. The minimum Gasteiger partial charge on any atom is -0.397 e. The Balaban J connectivity index is 2.17. The summed E-state index contributed by atoms with van der Waals surface area (Å²) in [6.07, 6.45) is 1.80. The van der Waals surface area contributed by atoms with Crippen LogP contribution in [0, 0.1) is 5.82 Å². The second-order valence-corrected chi connectivity index (χ2v) is 4.34. The number of hydrogen-bond acceptors (Lipinski definition) is 4. The van der Waals surface area contributed by atoms with Gasteiger partial charge in [-0.15, -0.1) is 0 Å². The highest BCUT2D eigenvalue weighted by molar-refractivity contribution is 5.93. The Morgan fingerprint density at radius 1 is 1.30 bits per heavy atom. The van der Waals surface area contributed by atoms with E-state index in [1.807, 2.05) is 0 Å². The fraction of sp³-hybridized carbons (Fsp3) is 0.500. The molecule has 3 N–H and O–H groups in total. The van der Waals surface area contributed by atoms with Gasteiger partial charge in [-0.2, -0.15) is 0 Å². The van der Waals surface area contributed by atoms with E-state index in [0.717, 1.165) is 6.42 Å². The predicted octanol–water partition coefficient (Wildman–Crippen LogP) is 2.18. The third-order valence-corrected chi connectivity index (χ3v) is 2.62. The van der Waals surface area contributed by atoms with E-state index in [-0.39, 0.29) is 11.6 Å². The first-order chi connectivity index (χ1) is 9.63. The van der Waals surface area contributed by atoms with Crippen molar-refractivity contribution < 1.29 is 18.7 Å². The van der Waals surface area contributed by atoms with E-state index in [2.05, 4.69) is 5.32 Å². The third kappa shape index (κ3) is 6.49. The number of benzene rings is 1. The molecule has 0 unspecified atom stereocenters. The van der Waals surface area contributed by atoms with Crippen LogP contribution in [-0.2, 0) is 14.3 Å². The van der Waals surface area contributed by atoms with Crippen LogP contribution in [0.2, 0.25) is 0 Å². The maximum atomic E-state index is 12.8. The van der Waals surface area contributed by atoms with Crippen molar-refractivity contribution in [1.29, 1.82) is 0 Å². The third-order valence-electron chi connectivity index (χ3n) is 2.62. The standard InChI is InChI=1S/C14H21FN2O3/c1-19-7-3-9-20-8-2-4-14(18)17-13-6-5-11(15)10-12(13)16/h5-6,10H,2-4,7-9,16H2,1H3,(H,17,18). The summed E-state index contributed by atoms with van der Waals surface area (Å²) < 4.78 is 23.1. The van der Waals surface area contributed by atoms with Crippen LogP contribution in [0.25, 0.3) is 0 Å². The molecule has 0 aliphatic rings. The largest absolute Gasteiger partial charge is 0.397 e. The monoisotopic (exact) mass is 284 g/mol. The topological polar surface area (TPSA) is 73.6 Å². The molecular weight excluding hydrogens is 263 g/mol. The molecule has 0 saturated carbocycles. The zero-order chi connectivity index (χ0) is 14.8. The van der Waals surface area contributed by atoms with Gasteiger partial charge < -0.3 is 20.5 Å². The molecule has 0 saturated heterocycles. The molecule has 0 spiro atoms. The zero-order valence-corrected chi connectivity index (χ0v) is 11.7. The van der Waals surface area contributed by atoms with Gasteiger partial charge in [0.05, 0.1) is 11.4 Å². The van der Waals surface area contributed by atoms with E-state index < -0.39 is 5.82 Å². The van der Waals surface area contributed by atoms with E-state index in [1.165, 1.54) is 18.2 Å². The van der Waals surface area contributed by atoms with Gasteiger partial charge >= 0.3 is 0 Å². The van der Waals surface area contributed by atoms with Crippen molar-refractivity contribution in [3.8, 4) is 0 Å². The number of nitrogens with two attached hydrogens (primary N) is 1. The van der Waals surface area contributed by atoms with Crippen LogP contribution < -0.4 is 11.1 Å². The molecule has 0 aliphatic heterocycles. The maximum absolute atomic E-state index is 12.8. The fourth-order valence-corrected chi connectivity index (χ4v) is 1.60. The molecule has 0 aliphatic carbocycles. The van der Waals surface area contributed by atoms with Crippen molar-refractivity contribution in [2.24, 2.45) is 0 Å². The average molecular weight is 284 g/mol. The molecule has 0 fully saturated rings. The first-order valence-corrected chi connectivity index (χ1v) is 6.55. The number of halogens is 1. The molecule has 5 nitrogen and oxygen atoms in total. The number of nitrogens with one attached hydrogen (secondary N) is 1. The molecule has 6 heteroatoms. The Hall–Kier alpha value is -1.66. The van der Waals surface area contributed by atoms with E-state index in [0.29, 0.717) is 38.3 Å². The van der Waals surface area contributed by atoms with Crippen LogP contribution in [0.3, 0.4) is 0 Å². The summed E-state index contributed by atoms with van der Waals surface area (Å²) in [6, 6.07) is 3.88. The normalized spacial score (nSPS) is 10.5. The maximum Gasteiger partial charge on any atom is 0.224 e. The minimum atomic E-state index is -0.426. The molecule has 20 heavy (non-hydrogen) atoms. The van der Waals surface area contributed by atoms with Crippen molar-refractivity contribution in [1.82, 2.24) is 0 Å². The summed E-state index contributed by atoms with van der Waals surface area (Å²) >= 11 is 0. The molecule has 0 bridgehead atoms. The van der Waals surface area contributed by atoms with E-state index in [9.17, 15) is 9.18 Å². The molecule has 0 atom stereocenters. The second-order valence-electron chi connectivity index (χ2n) is 4.34. The van der Waals surface area contributed by atoms with Crippen LogP contribution in [0.15, 0.2) is 18.2 Å². The summed E-state index contributed by atoms with van der Waals surface area (Å²) in [5, 5.41) is 2.64. The first-order valence-electron chi connectivity index (χ1n) is 6.55. The number of hydrogen-bond donors (Lipinski definition) is 2. The molecule has 0 aromatic heterocycles. The minimum absolute atomic E-state index is 0.163. The van der Waals surface area contributed by atoms with Gasteiger partial charge in [-0.05, 0) is 31.0 Å². The number of anilines is 2. The second kappa shape index (κ2) is 9.28. The highest BCUT2D eigenvalue weighted by atomic mass is 19.1. The van der Waals surface area contributed by atoms with Gasteiger partial charge in [-0.1, -0.05) is 0 Å². The van der Waals surface area contributed by atoms with Crippen molar-refractivity contribution in [3.05, 3.63) is 24.0 Å². The summed E-state index contributed by atoms with van der Waals surface area (Å²) in [4.78, 5) is 11.6. The Kier molecular flexibility index (Phi) is 7.60. The number of nitrogen functional groups attached to an aromatic ring is 1. The summed E-state index contributed by atoms with van der Waals surface area (Å²) in [6.45, 7) is 1.82. The molecule has 112 valence electrons. The zero-order valence-electron chi connectivity index (χ0n) is 11.7. The Bertz CT molecular complexity index is 427. The SMILES string of the molecule is COCCCOCCCC(=O)Nc1ccc(F)cc1N. The van der Waals surface area contributed by atoms with Crippen molar-refractivity contribution in [2.75, 3.05) is 38.0 Å². The van der Waals surface area contributed by atoms with Crippen molar-refractivity contribution in [2.45, 2.75) is 19.3 Å². The van der Waals surface area contributed by atoms with Crippen LogP contribution in [0.4, 0.5) is 15.8 Å². The van der Waals surface area contributed by atoms with Gasteiger partial charge in [0.25, 0.3) is 0 Å². The summed E-state index contributed by atoms with van der Waals surface area (Å²) in [7, 11) is 1.64. The van der Waals surface area contributed by atoms with Crippen LogP contribution in [-0.4, -0.2) is 32.8 Å². The first kappa shape index (κ1) is 16.4. The Morgan fingerprint density at radius 2 is 2.05 bits per heavy atom. The summed E-state index contributed by atoms with van der Waals surface area (Å²) in [5.41, 5.74) is 6.25. The smallest absolute Gasteiger partial charge is 0.224 e. The van der Waals surface area contributed by atoms with E-state index in [4.69, 9.17) is 15.2 Å². The average Bonchev–Trinajstić information content (AvgIpc) is 2.41. The van der Waals surface area contributed by atoms with Gasteiger partial charge in [-0.25, -0.2) is 4.39 Å². The van der Waals surface area contributed by atoms with Gasteiger partial charge in [0.15, 0.2) is 0 Å². The van der Waals surface area contributed by atoms with Crippen molar-refractivity contribution >= 4 is 17.3 Å². The predicted molar refractivity (Wildman–Crippen MR) is 76.0 cm³/mol. The molecule has 1 aromatic rings. The summed E-state index contributed by atoms with van der Waals surface area (Å²) in [5.74, 6) is -0.589. The number of amides is 1. The fourth-order valence-electron chi connectivity index (χ4n) is 1.60. The molecule has 0 heterocycles. The highest BCUT2D eigenvalue weighted by Crippen LogP contribution is 2.19. The van der Waals surface area contributed by atoms with E-state index >= 15 is 0 Å². The quantitative estimate of drug-likeness (QED) is 0.538. The van der Waals surface area contributed by atoms with Crippen LogP contribution >= 0.6 is 0 Å². The van der Waals surface area contributed by atoms with Crippen LogP contribution in [0.5, 0.6) is 0 Å². The van der Waals surface area contributed by atoms with Crippen molar-refractivity contribution in [3.63, 3.8) is 0 Å². The van der Waals surface area contributed by atoms with E-state index in [1.54, 1.807) is 7.11 Å². The molecular formula is C14H21FN2O3. The Labute approximate surface area is 118 Å². The lowest BCUT2D eigenvalue weighted by molar-refractivity contribution is -0.116. The van der Waals surface area contributed by atoms with Crippen LogP contribution in [0.1, 0.15) is 19.3 Å². The molecule has 0 radical (unpaired) electrons. The highest BCUT2D eigenvalue weighted by Gasteiger charge is 2.06. The number of carbonyl (C=O) groups excluding carboxylic acids is 1.